The van der Waals surface area contributed by atoms with Gasteiger partial charge in [-0.1, -0.05) is 29.8 Å². The first-order valence-electron chi connectivity index (χ1n) is 14.6. The molecule has 0 heterocycles. The molecule has 0 spiro atoms. The van der Waals surface area contributed by atoms with E-state index in [2.05, 4.69) is 53.0 Å². The Bertz CT molecular complexity index is 2130. The number of aromatic hydroxyl groups is 1. The van der Waals surface area contributed by atoms with Gasteiger partial charge in [0.2, 0.25) is 0 Å². The number of aliphatic hydroxyl groups excluding tert-OH is 1. The fourth-order valence-corrected chi connectivity index (χ4v) is 4.07. The molecule has 5 rings (SSSR count). The Balaban J connectivity index is -0.00000102. The molecule has 0 unspecified atom stereocenters. The third-order valence-corrected chi connectivity index (χ3v) is 6.26. The predicted molar refractivity (Wildman–Crippen MR) is 186 cm³/mol. The maximum atomic E-state index is 10.7. The average Bonchev–Trinajstić information content (AvgIpc) is 3.11. The van der Waals surface area contributed by atoms with Crippen molar-refractivity contribution in [3.8, 4) is 11.5 Å². The Morgan fingerprint density at radius 3 is 1.79 bits per heavy atom. The molecule has 0 aliphatic rings. The summed E-state index contributed by atoms with van der Waals surface area (Å²) in [6, 6.07) is 28.8. The predicted octanol–water partition coefficient (Wildman–Crippen LogP) is -3.61. The minimum absolute atomic E-state index is 0. The van der Waals surface area contributed by atoms with Crippen LogP contribution in [0.2, 0.25) is 0 Å². The van der Waals surface area contributed by atoms with Crippen LogP contribution in [0.3, 0.4) is 0 Å². The van der Waals surface area contributed by atoms with Crippen molar-refractivity contribution in [1.29, 1.82) is 0 Å². The third kappa shape index (κ3) is 21.6. The van der Waals surface area contributed by atoms with Crippen LogP contribution < -0.4 is 237 Å². The molecule has 21 heteroatoms. The quantitative estimate of drug-likeness (QED) is 0.113. The molecule has 0 fully saturated rings. The van der Waals surface area contributed by atoms with Gasteiger partial charge < -0.3 is 17.8 Å². The zero-order valence-electron chi connectivity index (χ0n) is 33.2. The second kappa shape index (κ2) is 34.3. The number of phenols is 1. The van der Waals surface area contributed by atoms with Crippen molar-refractivity contribution in [2.24, 2.45) is 40.9 Å². The van der Waals surface area contributed by atoms with Gasteiger partial charge in [-0.3, -0.25) is 0 Å². The van der Waals surface area contributed by atoms with E-state index < -0.39 is 10.6 Å². The molecule has 5 aromatic carbocycles. The summed E-state index contributed by atoms with van der Waals surface area (Å²) in [5.41, 5.74) is 4.88. The zero-order chi connectivity index (χ0) is 35.8. The Hall–Kier alpha value is 4.77. The number of hydrogen-bond donors (Lipinski definition) is 2. The second-order valence-corrected chi connectivity index (χ2v) is 9.85. The molecule has 0 aliphatic carbocycles. The van der Waals surface area contributed by atoms with Crippen LogP contribution in [-0.2, 0) is 17.2 Å². The number of ether oxygens (including phenoxy) is 1. The van der Waals surface area contributed by atoms with Crippen molar-refractivity contribution in [3.05, 3.63) is 102 Å². The fourth-order valence-electron chi connectivity index (χ4n) is 4.07. The van der Waals surface area contributed by atoms with E-state index >= 15 is 0 Å². The monoisotopic (exact) mass is 1160 g/mol. The molecule has 0 aliphatic heterocycles. The summed E-state index contributed by atoms with van der Waals surface area (Å²) < 4.78 is 30.8. The molecular formula is C32H28N8O6Rb6S. The number of benzene rings is 5. The van der Waals surface area contributed by atoms with Gasteiger partial charge in [0.25, 0.3) is 0 Å². The molecule has 14 nitrogen and oxygen atoms in total. The van der Waals surface area contributed by atoms with E-state index in [0.717, 1.165) is 78.7 Å². The average molecular weight is 1170 g/mol. The number of aliphatic hydroxyl groups is 1. The summed E-state index contributed by atoms with van der Waals surface area (Å²) in [4.78, 5) is 0. The molecule has 0 saturated heterocycles. The van der Waals surface area contributed by atoms with Crippen molar-refractivity contribution in [2.45, 2.75) is 13.5 Å². The van der Waals surface area contributed by atoms with Crippen molar-refractivity contribution >= 4 is 129 Å². The van der Waals surface area contributed by atoms with E-state index in [0.29, 0.717) is 56.5 Å². The second-order valence-electron chi connectivity index (χ2n) is 9.44. The zero-order valence-corrected chi connectivity index (χ0v) is 61.5. The molecule has 0 radical (unpaired) electrons. The van der Waals surface area contributed by atoms with Crippen LogP contribution >= 0.6 is 0 Å². The van der Waals surface area contributed by atoms with Crippen LogP contribution in [0.15, 0.2) is 120 Å². The normalized spacial score (nSPS) is 10.3. The van der Waals surface area contributed by atoms with E-state index in [9.17, 15) is 10.2 Å². The van der Waals surface area contributed by atoms with Gasteiger partial charge in [0, 0.05) is 24.1 Å². The Morgan fingerprint density at radius 1 is 0.717 bits per heavy atom. The van der Waals surface area contributed by atoms with Crippen LogP contribution in [0.1, 0.15) is 14.0 Å². The van der Waals surface area contributed by atoms with Gasteiger partial charge >= 0.3 is 311 Å². The number of methoxy groups -OCH3 is 1. The third-order valence-electron chi connectivity index (χ3n) is 6.26. The fraction of sp³-hybridized carbons (Fsp3) is 0.125. The van der Waals surface area contributed by atoms with Crippen molar-refractivity contribution < 1.29 is 263 Å². The number of fused-ring (bicyclic) bond motifs is 1. The van der Waals surface area contributed by atoms with Crippen molar-refractivity contribution in [2.75, 3.05) is 14.2 Å². The summed E-state index contributed by atoms with van der Waals surface area (Å²) >= 11 is 2.32. The van der Waals surface area contributed by atoms with Gasteiger partial charge in [-0.25, -0.2) is 10.2 Å². The topological polar surface area (TPSA) is 200 Å². The van der Waals surface area contributed by atoms with Crippen LogP contribution in [0.25, 0.3) is 10.8 Å². The van der Waals surface area contributed by atoms with Crippen LogP contribution in [0.5, 0.6) is 11.5 Å². The van der Waals surface area contributed by atoms with Crippen LogP contribution in [-0.4, -0.2) is 105 Å². The van der Waals surface area contributed by atoms with Gasteiger partial charge in [0.05, 0.1) is 19.4 Å². The summed E-state index contributed by atoms with van der Waals surface area (Å²) in [5, 5.41) is 55.3. The van der Waals surface area contributed by atoms with Crippen molar-refractivity contribution in [1.82, 2.24) is 0 Å². The molecule has 5 aromatic rings. The standard InChI is InChI=1S/C32H26N8O3.O3S.6Rb.2H/c1-20-4-14-27-21(16-20)5-15-28(32(27)42)38-40-30-17-22(19-41)29(18-31(30)43-3)39-37-26-12-10-25(11-13-26)36-35-24-8-6-23(7-9-24)34-33-2;1-4(2)3;;;;;;;;/h4-6,8-10,12-18,41-42H,19H2,1-3H3;;;;;;;;;/q-2;;;;4*+1;2*-1. The molecule has 53 heavy (non-hydrogen) atoms. The molecule has 244 valence electrons. The van der Waals surface area contributed by atoms with Crippen LogP contribution in [0, 0.1) is 19.1 Å². The first kappa shape index (κ1) is 59.9. The molecule has 0 bridgehead atoms. The number of rotatable bonds is 9. The SMILES string of the molecule is CN=Nc1[c-]cc(N=Nc2[c-]cc(N=Nc3cc(OC)c(N=Nc4ccc5cc(C)ccc5c4O)cc3CO)cc2)cc1.O=S(=O)=O.[H-].[H-].[Rb+].[Rb+].[Rb+].[Rb+].[Rb][Rb]. The molecule has 0 aromatic heterocycles. The number of aryl methyl sites for hydroxylation is 1. The number of azo groups is 4. The van der Waals surface area contributed by atoms with Crippen LogP contribution in [0.4, 0.5) is 39.8 Å². The number of nitrogens with zero attached hydrogens (tertiary/aromatic N) is 8. The molecule has 0 amide bonds. The van der Waals surface area contributed by atoms with E-state index in [4.69, 9.17) is 17.4 Å². The maximum absolute atomic E-state index is 10.7. The Morgan fingerprint density at radius 2 is 1.26 bits per heavy atom. The molecular weight excluding hydrogens is 1140 g/mol. The summed E-state index contributed by atoms with van der Waals surface area (Å²) in [6.07, 6.45) is 0. The summed E-state index contributed by atoms with van der Waals surface area (Å²) in [6.45, 7) is 1.68. The van der Waals surface area contributed by atoms with Gasteiger partial charge in [-0.15, -0.1) is 59.3 Å². The molecule has 2 N–H and O–H groups in total. The number of hydrogen-bond acceptors (Lipinski definition) is 14. The van der Waals surface area contributed by atoms with E-state index in [1.807, 2.05) is 31.2 Å². The van der Waals surface area contributed by atoms with Gasteiger partial charge in [-0.2, -0.15) is 32.6 Å². The first-order chi connectivity index (χ1) is 23.7. The Labute approximate surface area is 556 Å². The summed E-state index contributed by atoms with van der Waals surface area (Å²) in [7, 11) is -0.0243. The van der Waals surface area contributed by atoms with Gasteiger partial charge in [-0.05, 0) is 47.2 Å². The number of phenolic OH excluding ortho intramolecular Hbond substituents is 1. The summed E-state index contributed by atoms with van der Waals surface area (Å²) in [5.74, 6) is 0.404. The first-order valence-corrected chi connectivity index (χ1v) is 49.6. The van der Waals surface area contributed by atoms with E-state index in [-0.39, 0.29) is 248 Å². The van der Waals surface area contributed by atoms with E-state index in [1.54, 1.807) is 61.6 Å². The molecule has 0 saturated carbocycles. The van der Waals surface area contributed by atoms with Gasteiger partial charge in [0.15, 0.2) is 5.75 Å². The van der Waals surface area contributed by atoms with Crippen molar-refractivity contribution in [3.63, 3.8) is 0 Å². The van der Waals surface area contributed by atoms with Gasteiger partial charge in [0.1, 0.15) is 17.1 Å². The molecule has 0 atom stereocenters. The minimum atomic E-state index is -3.11. The van der Waals surface area contributed by atoms with E-state index in [1.165, 1.54) is 7.11 Å². The Kier molecular flexibility index (Phi) is 38.7.